The molecule has 11 heteroatoms. The van der Waals surface area contributed by atoms with E-state index in [4.69, 9.17) is 0 Å². The van der Waals surface area contributed by atoms with Crippen molar-refractivity contribution < 1.29 is 21.2 Å². The maximum atomic E-state index is 14.8. The van der Waals surface area contributed by atoms with Crippen molar-refractivity contribution in [3.05, 3.63) is 41.7 Å². The summed E-state index contributed by atoms with van der Waals surface area (Å²) >= 11 is 0. The molecule has 33 heavy (non-hydrogen) atoms. The summed E-state index contributed by atoms with van der Waals surface area (Å²) in [5.41, 5.74) is 0.825. The van der Waals surface area contributed by atoms with Crippen molar-refractivity contribution in [2.75, 3.05) is 54.4 Å². The number of carbonyl (C=O) groups is 2. The van der Waals surface area contributed by atoms with Gasteiger partial charge in [0.15, 0.2) is 11.6 Å². The molecule has 180 valence electrons. The third kappa shape index (κ3) is 5.19. The summed E-state index contributed by atoms with van der Waals surface area (Å²) < 4.78 is 29.5. The number of nitrogens with zero attached hydrogens (tertiary/aromatic N) is 5. The number of piperazine rings is 1. The Morgan fingerprint density at radius 2 is 1.94 bits per heavy atom. The van der Waals surface area contributed by atoms with Gasteiger partial charge in [-0.05, 0) is 31.5 Å². The van der Waals surface area contributed by atoms with Crippen molar-refractivity contribution in [1.82, 2.24) is 20.2 Å². The van der Waals surface area contributed by atoms with Gasteiger partial charge in [0.05, 0.1) is 5.69 Å². The van der Waals surface area contributed by atoms with Crippen LogP contribution in [0.5, 0.6) is 0 Å². The van der Waals surface area contributed by atoms with Crippen LogP contribution in [0.15, 0.2) is 24.4 Å². The van der Waals surface area contributed by atoms with Crippen LogP contribution in [0.2, 0.25) is 0 Å². The highest BCUT2D eigenvalue weighted by molar-refractivity contribution is 5.94. The quantitative estimate of drug-likeness (QED) is 0.640. The molecular weight excluding hydrogens is 432 g/mol. The number of urea groups is 1. The molecular formula is C22H31F2N7O2. The highest BCUT2D eigenvalue weighted by Gasteiger charge is 2.26. The Morgan fingerprint density at radius 1 is 1.15 bits per heavy atom. The molecule has 0 unspecified atom stereocenters. The van der Waals surface area contributed by atoms with Crippen LogP contribution < -0.4 is 20.4 Å². The Bertz CT molecular complexity index is 1040. The first-order chi connectivity index (χ1) is 16.0. The second-order valence-corrected chi connectivity index (χ2v) is 8.01. The number of amides is 3. The molecule has 2 fully saturated rings. The minimum atomic E-state index is -0.595. The molecule has 0 aliphatic carbocycles. The van der Waals surface area contributed by atoms with E-state index in [1.165, 1.54) is 11.1 Å². The summed E-state index contributed by atoms with van der Waals surface area (Å²) in [5.74, 6) is -0.948. The van der Waals surface area contributed by atoms with Gasteiger partial charge in [0.25, 0.3) is 0 Å². The monoisotopic (exact) mass is 463 g/mol. The number of rotatable bonds is 6. The van der Waals surface area contributed by atoms with Crippen molar-refractivity contribution in [1.29, 1.82) is 0 Å². The molecule has 9 nitrogen and oxygen atoms in total. The molecule has 2 aliphatic rings. The maximum absolute atomic E-state index is 14.8. The van der Waals surface area contributed by atoms with Gasteiger partial charge in [-0.25, -0.2) is 19.2 Å². The fourth-order valence-electron chi connectivity index (χ4n) is 4.09. The minimum Gasteiger partial charge on any atom is -0.365 e. The van der Waals surface area contributed by atoms with Crippen LogP contribution in [0.1, 0.15) is 28.2 Å². The average Bonchev–Trinajstić information content (AvgIpc) is 3.23. The van der Waals surface area contributed by atoms with Crippen molar-refractivity contribution >= 4 is 29.3 Å². The van der Waals surface area contributed by atoms with Crippen molar-refractivity contribution in [3.63, 3.8) is 0 Å². The van der Waals surface area contributed by atoms with E-state index in [0.29, 0.717) is 69.3 Å². The van der Waals surface area contributed by atoms with Gasteiger partial charge >= 0.3 is 6.03 Å². The SMILES string of the molecule is CCNC(=O)Nc1nccc(CN2CCN(c3ccc(N4CCCC4=O)nc3F)CC2)c1F.[HH].[HH]. The number of pyridine rings is 2. The van der Waals surface area contributed by atoms with E-state index in [-0.39, 0.29) is 14.6 Å². The van der Waals surface area contributed by atoms with Crippen LogP contribution in [0.4, 0.5) is 30.9 Å². The molecule has 0 bridgehead atoms. The zero-order valence-corrected chi connectivity index (χ0v) is 18.5. The summed E-state index contributed by atoms with van der Waals surface area (Å²) in [6, 6.07) is 4.43. The molecule has 0 radical (unpaired) electrons. The van der Waals surface area contributed by atoms with E-state index in [2.05, 4.69) is 25.5 Å². The number of halogens is 2. The number of hydrogen-bond donors (Lipinski definition) is 2. The minimum absolute atomic E-state index is 0. The molecule has 2 aromatic rings. The summed E-state index contributed by atoms with van der Waals surface area (Å²) in [6.07, 6.45) is 2.69. The second kappa shape index (κ2) is 10.1. The van der Waals surface area contributed by atoms with Crippen LogP contribution in [0.25, 0.3) is 0 Å². The van der Waals surface area contributed by atoms with E-state index in [0.717, 1.165) is 6.42 Å². The lowest BCUT2D eigenvalue weighted by Crippen LogP contribution is -2.46. The third-order valence-corrected chi connectivity index (χ3v) is 5.81. The molecule has 2 saturated heterocycles. The van der Waals surface area contributed by atoms with Gasteiger partial charge in [0, 0.05) is 66.8 Å². The second-order valence-electron chi connectivity index (χ2n) is 8.01. The number of carbonyl (C=O) groups excluding carboxylic acids is 2. The fraction of sp³-hybridized carbons (Fsp3) is 0.455. The molecule has 3 amide bonds. The van der Waals surface area contributed by atoms with Gasteiger partial charge in [0.2, 0.25) is 11.9 Å². The highest BCUT2D eigenvalue weighted by Crippen LogP contribution is 2.26. The molecule has 0 aromatic carbocycles. The van der Waals surface area contributed by atoms with Gasteiger partial charge in [-0.2, -0.15) is 4.39 Å². The molecule has 2 N–H and O–H groups in total. The maximum Gasteiger partial charge on any atom is 0.320 e. The van der Waals surface area contributed by atoms with E-state index >= 15 is 0 Å². The number of hydrogen-bond acceptors (Lipinski definition) is 6. The zero-order chi connectivity index (χ0) is 23.4. The lowest BCUT2D eigenvalue weighted by atomic mass is 10.2. The molecule has 0 spiro atoms. The van der Waals surface area contributed by atoms with Crippen LogP contribution in [-0.4, -0.2) is 66.1 Å². The molecule has 4 rings (SSSR count). The largest absolute Gasteiger partial charge is 0.365 e. The van der Waals surface area contributed by atoms with Crippen molar-refractivity contribution in [2.24, 2.45) is 0 Å². The first-order valence-electron chi connectivity index (χ1n) is 11.1. The van der Waals surface area contributed by atoms with Gasteiger partial charge in [-0.3, -0.25) is 19.9 Å². The smallest absolute Gasteiger partial charge is 0.320 e. The third-order valence-electron chi connectivity index (χ3n) is 5.81. The van der Waals surface area contributed by atoms with Crippen molar-refractivity contribution in [2.45, 2.75) is 26.3 Å². The number of nitrogens with one attached hydrogen (secondary N) is 2. The highest BCUT2D eigenvalue weighted by atomic mass is 19.1. The molecule has 2 aromatic heterocycles. The average molecular weight is 464 g/mol. The summed E-state index contributed by atoms with van der Waals surface area (Å²) in [7, 11) is 0. The molecule has 4 heterocycles. The lowest BCUT2D eigenvalue weighted by molar-refractivity contribution is -0.117. The number of aromatic nitrogens is 2. The topological polar surface area (TPSA) is 93.7 Å². The molecule has 2 aliphatic heterocycles. The summed E-state index contributed by atoms with van der Waals surface area (Å²) in [5, 5.41) is 4.96. The van der Waals surface area contributed by atoms with Crippen LogP contribution >= 0.6 is 0 Å². The Balaban J connectivity index is 0.00000216. The Hall–Kier alpha value is -3.34. The predicted molar refractivity (Wildman–Crippen MR) is 124 cm³/mol. The van der Waals surface area contributed by atoms with Gasteiger partial charge in [-0.15, -0.1) is 0 Å². The van der Waals surface area contributed by atoms with E-state index in [1.807, 2.05) is 4.90 Å². The summed E-state index contributed by atoms with van der Waals surface area (Å²) in [6.45, 7) is 5.42. The van der Waals surface area contributed by atoms with Crippen molar-refractivity contribution in [3.8, 4) is 0 Å². The van der Waals surface area contributed by atoms with E-state index < -0.39 is 17.8 Å². The Kier molecular flexibility index (Phi) is 6.97. The zero-order valence-electron chi connectivity index (χ0n) is 18.5. The summed E-state index contributed by atoms with van der Waals surface area (Å²) in [4.78, 5) is 37.0. The van der Waals surface area contributed by atoms with E-state index in [9.17, 15) is 18.4 Å². The van der Waals surface area contributed by atoms with Crippen LogP contribution in [0, 0.1) is 11.8 Å². The first kappa shape index (κ1) is 22.8. The normalized spacial score (nSPS) is 16.9. The molecule has 0 atom stereocenters. The fourth-order valence-corrected chi connectivity index (χ4v) is 4.09. The van der Waals surface area contributed by atoms with E-state index in [1.54, 1.807) is 25.1 Å². The van der Waals surface area contributed by atoms with Crippen LogP contribution in [-0.2, 0) is 11.3 Å². The predicted octanol–water partition coefficient (Wildman–Crippen LogP) is 2.84. The lowest BCUT2D eigenvalue weighted by Gasteiger charge is -2.36. The van der Waals surface area contributed by atoms with Crippen LogP contribution in [0.3, 0.4) is 0 Å². The standard InChI is InChI=1S/C22H27F2N7O2.2H2/c1-2-25-22(33)28-21-19(23)15(7-8-26-21)14-29-10-12-30(13-11-29)16-5-6-17(27-20(16)24)31-9-3-4-18(31)32;;/h5-8H,2-4,9-14H2,1H3,(H2,25,26,28,33);2*1H. The van der Waals surface area contributed by atoms with Gasteiger partial charge in [-0.1, -0.05) is 0 Å². The van der Waals surface area contributed by atoms with Gasteiger partial charge < -0.3 is 10.2 Å². The Labute approximate surface area is 193 Å². The Morgan fingerprint density at radius 3 is 2.61 bits per heavy atom. The molecule has 0 saturated carbocycles. The first-order valence-corrected chi connectivity index (χ1v) is 11.1. The number of anilines is 3. The van der Waals surface area contributed by atoms with Gasteiger partial charge in [0.1, 0.15) is 5.82 Å².